The molecule has 2 aliphatic heterocycles. The van der Waals surface area contributed by atoms with E-state index in [1.807, 2.05) is 18.0 Å². The van der Waals surface area contributed by atoms with Gasteiger partial charge in [0.1, 0.15) is 0 Å². The summed E-state index contributed by atoms with van der Waals surface area (Å²) in [5, 5.41) is 0. The molecule has 1 aromatic rings. The Balaban J connectivity index is 1.66. The predicted molar refractivity (Wildman–Crippen MR) is 78.9 cm³/mol. The number of carbonyl (C=O) groups is 1. The molecular weight excluding hydrogens is 266 g/mol. The summed E-state index contributed by atoms with van der Waals surface area (Å²) < 4.78 is 5.35. The Labute approximate surface area is 125 Å². The highest BCUT2D eigenvalue weighted by atomic mass is 16.5. The van der Waals surface area contributed by atoms with Gasteiger partial charge in [-0.05, 0) is 32.6 Å². The molecule has 0 radical (unpaired) electrons. The van der Waals surface area contributed by atoms with Crippen molar-refractivity contribution in [2.24, 2.45) is 5.92 Å². The van der Waals surface area contributed by atoms with E-state index in [0.29, 0.717) is 11.8 Å². The van der Waals surface area contributed by atoms with Gasteiger partial charge in [0.05, 0.1) is 11.4 Å². The van der Waals surface area contributed by atoms with E-state index in [9.17, 15) is 4.79 Å². The molecule has 21 heavy (non-hydrogen) atoms. The molecule has 1 aromatic heterocycles. The highest BCUT2D eigenvalue weighted by molar-refractivity contribution is 5.79. The van der Waals surface area contributed by atoms with Crippen molar-refractivity contribution < 1.29 is 9.53 Å². The largest absolute Gasteiger partial charge is 0.381 e. The van der Waals surface area contributed by atoms with Crippen LogP contribution in [0.2, 0.25) is 0 Å². The predicted octanol–water partition coefficient (Wildman–Crippen LogP) is 1.92. The smallest absolute Gasteiger partial charge is 0.225 e. The quantitative estimate of drug-likeness (QED) is 0.834. The third-order valence-electron chi connectivity index (χ3n) is 4.50. The van der Waals surface area contributed by atoms with Crippen LogP contribution in [0.15, 0.2) is 12.4 Å². The summed E-state index contributed by atoms with van der Waals surface area (Å²) >= 11 is 0. The van der Waals surface area contributed by atoms with E-state index in [-0.39, 0.29) is 5.92 Å². The van der Waals surface area contributed by atoms with Crippen LogP contribution < -0.4 is 0 Å². The van der Waals surface area contributed by atoms with Crippen molar-refractivity contribution in [3.8, 4) is 0 Å². The topological polar surface area (TPSA) is 55.3 Å². The Morgan fingerprint density at radius 3 is 2.86 bits per heavy atom. The Hall–Kier alpha value is -1.49. The van der Waals surface area contributed by atoms with E-state index < -0.39 is 0 Å². The lowest BCUT2D eigenvalue weighted by Gasteiger charge is -2.35. The number of ether oxygens (including phenoxy) is 1. The van der Waals surface area contributed by atoms with Crippen molar-refractivity contribution in [3.05, 3.63) is 23.8 Å². The number of aryl methyl sites for hydroxylation is 1. The first kappa shape index (κ1) is 14.4. The van der Waals surface area contributed by atoms with Crippen LogP contribution >= 0.6 is 0 Å². The van der Waals surface area contributed by atoms with Gasteiger partial charge >= 0.3 is 0 Å². The Bertz CT molecular complexity index is 500. The number of hydrogen-bond donors (Lipinski definition) is 0. The van der Waals surface area contributed by atoms with Gasteiger partial charge in [0, 0.05) is 50.5 Å². The van der Waals surface area contributed by atoms with Crippen molar-refractivity contribution in [1.29, 1.82) is 0 Å². The van der Waals surface area contributed by atoms with E-state index in [1.54, 1.807) is 6.20 Å². The highest BCUT2D eigenvalue weighted by Gasteiger charge is 2.31. The normalized spacial score (nSPS) is 24.0. The maximum absolute atomic E-state index is 12.6. The van der Waals surface area contributed by atoms with Gasteiger partial charge in [0.2, 0.25) is 5.91 Å². The lowest BCUT2D eigenvalue weighted by atomic mass is 9.92. The average molecular weight is 289 g/mol. The number of nitrogens with zero attached hydrogens (tertiary/aromatic N) is 3. The number of rotatable bonds is 2. The molecule has 2 aliphatic rings. The molecule has 5 nitrogen and oxygen atoms in total. The summed E-state index contributed by atoms with van der Waals surface area (Å²) in [6.07, 6.45) is 7.50. The zero-order valence-electron chi connectivity index (χ0n) is 12.6. The zero-order chi connectivity index (χ0) is 14.7. The minimum atomic E-state index is 0.154. The molecule has 1 amide bonds. The second kappa shape index (κ2) is 6.52. The number of piperidine rings is 1. The summed E-state index contributed by atoms with van der Waals surface area (Å²) in [5.41, 5.74) is 1.97. The minimum absolute atomic E-state index is 0.154. The van der Waals surface area contributed by atoms with E-state index in [2.05, 4.69) is 9.97 Å². The monoisotopic (exact) mass is 289 g/mol. The standard InChI is InChI=1S/C16H23N3O2/c1-12-9-17-10-15(18-12)14-3-2-6-19(11-14)16(20)13-4-7-21-8-5-13/h9-10,13-14H,2-8,11H2,1H3. The summed E-state index contributed by atoms with van der Waals surface area (Å²) in [4.78, 5) is 23.5. The fourth-order valence-electron chi connectivity index (χ4n) is 3.30. The van der Waals surface area contributed by atoms with Crippen LogP contribution in [0.4, 0.5) is 0 Å². The van der Waals surface area contributed by atoms with Crippen molar-refractivity contribution in [2.75, 3.05) is 26.3 Å². The SMILES string of the molecule is Cc1cncc(C2CCCN(C(=O)C3CCOCC3)C2)n1. The van der Waals surface area contributed by atoms with E-state index in [4.69, 9.17) is 4.74 Å². The second-order valence-electron chi connectivity index (χ2n) is 6.10. The molecule has 0 saturated carbocycles. The number of likely N-dealkylation sites (tertiary alicyclic amines) is 1. The molecule has 2 saturated heterocycles. The van der Waals surface area contributed by atoms with Gasteiger partial charge < -0.3 is 9.64 Å². The molecule has 0 aliphatic carbocycles. The maximum Gasteiger partial charge on any atom is 0.225 e. The average Bonchev–Trinajstić information content (AvgIpc) is 2.55. The Kier molecular flexibility index (Phi) is 4.48. The van der Waals surface area contributed by atoms with E-state index >= 15 is 0 Å². The van der Waals surface area contributed by atoms with Gasteiger partial charge in [-0.25, -0.2) is 0 Å². The second-order valence-corrected chi connectivity index (χ2v) is 6.10. The van der Waals surface area contributed by atoms with Crippen LogP contribution in [-0.2, 0) is 9.53 Å². The van der Waals surface area contributed by atoms with E-state index in [1.165, 1.54) is 0 Å². The molecule has 3 heterocycles. The van der Waals surface area contributed by atoms with Crippen molar-refractivity contribution in [1.82, 2.24) is 14.9 Å². The van der Waals surface area contributed by atoms with Gasteiger partial charge in [-0.2, -0.15) is 0 Å². The lowest BCUT2D eigenvalue weighted by molar-refractivity contribution is -0.139. The summed E-state index contributed by atoms with van der Waals surface area (Å²) in [5.74, 6) is 0.791. The number of amides is 1. The third kappa shape index (κ3) is 3.40. The molecule has 1 atom stereocenters. The highest BCUT2D eigenvalue weighted by Crippen LogP contribution is 2.27. The first-order chi connectivity index (χ1) is 10.2. The molecule has 0 N–H and O–H groups in total. The van der Waals surface area contributed by atoms with E-state index in [0.717, 1.165) is 63.4 Å². The molecular formula is C16H23N3O2. The lowest BCUT2D eigenvalue weighted by Crippen LogP contribution is -2.43. The minimum Gasteiger partial charge on any atom is -0.381 e. The van der Waals surface area contributed by atoms with Crippen LogP contribution in [0.25, 0.3) is 0 Å². The van der Waals surface area contributed by atoms with Crippen LogP contribution in [0.1, 0.15) is 43.0 Å². The van der Waals surface area contributed by atoms with Crippen LogP contribution in [0, 0.1) is 12.8 Å². The first-order valence-corrected chi connectivity index (χ1v) is 7.89. The molecule has 0 aromatic carbocycles. The first-order valence-electron chi connectivity index (χ1n) is 7.89. The van der Waals surface area contributed by atoms with Gasteiger partial charge in [-0.15, -0.1) is 0 Å². The van der Waals surface area contributed by atoms with Crippen molar-refractivity contribution >= 4 is 5.91 Å². The van der Waals surface area contributed by atoms with Crippen molar-refractivity contribution in [2.45, 2.75) is 38.5 Å². The number of aromatic nitrogens is 2. The Morgan fingerprint density at radius 2 is 2.10 bits per heavy atom. The third-order valence-corrected chi connectivity index (χ3v) is 4.50. The molecule has 2 fully saturated rings. The molecule has 5 heteroatoms. The summed E-state index contributed by atoms with van der Waals surface area (Å²) in [7, 11) is 0. The fourth-order valence-corrected chi connectivity index (χ4v) is 3.30. The van der Waals surface area contributed by atoms with Crippen LogP contribution in [0.3, 0.4) is 0 Å². The molecule has 0 bridgehead atoms. The zero-order valence-corrected chi connectivity index (χ0v) is 12.6. The van der Waals surface area contributed by atoms with Crippen LogP contribution in [-0.4, -0.2) is 47.1 Å². The molecule has 1 unspecified atom stereocenters. The number of carbonyl (C=O) groups excluding carboxylic acids is 1. The van der Waals surface area contributed by atoms with Crippen molar-refractivity contribution in [3.63, 3.8) is 0 Å². The fraction of sp³-hybridized carbons (Fsp3) is 0.688. The van der Waals surface area contributed by atoms with Gasteiger partial charge in [0.25, 0.3) is 0 Å². The number of hydrogen-bond acceptors (Lipinski definition) is 4. The molecule has 114 valence electrons. The van der Waals surface area contributed by atoms with Gasteiger partial charge in [-0.1, -0.05) is 0 Å². The summed E-state index contributed by atoms with van der Waals surface area (Å²) in [6, 6.07) is 0. The summed E-state index contributed by atoms with van der Waals surface area (Å²) in [6.45, 7) is 5.07. The Morgan fingerprint density at radius 1 is 1.29 bits per heavy atom. The van der Waals surface area contributed by atoms with Gasteiger partial charge in [-0.3, -0.25) is 14.8 Å². The maximum atomic E-state index is 12.6. The molecule has 3 rings (SSSR count). The molecule has 0 spiro atoms. The van der Waals surface area contributed by atoms with Crippen LogP contribution in [0.5, 0.6) is 0 Å². The van der Waals surface area contributed by atoms with Gasteiger partial charge in [0.15, 0.2) is 0 Å².